The normalized spacial score (nSPS) is 19.2. The maximum absolute atomic E-state index is 16.2. The number of carboxylic acids is 1. The third-order valence-electron chi connectivity index (χ3n) is 6.82. The Morgan fingerprint density at radius 3 is 2.67 bits per heavy atom. The number of nitrogens with zero attached hydrogens (tertiary/aromatic N) is 4. The summed E-state index contributed by atoms with van der Waals surface area (Å²) in [6.07, 6.45) is 3.53. The summed E-state index contributed by atoms with van der Waals surface area (Å²) in [4.78, 5) is 26.5. The number of ether oxygens (including phenoxy) is 1. The van der Waals surface area contributed by atoms with Gasteiger partial charge < -0.3 is 20.1 Å². The second-order valence-corrected chi connectivity index (χ2v) is 9.60. The lowest BCUT2D eigenvalue weighted by molar-refractivity contribution is -0.137. The fourth-order valence-electron chi connectivity index (χ4n) is 5.21. The van der Waals surface area contributed by atoms with E-state index in [9.17, 15) is 4.79 Å². The van der Waals surface area contributed by atoms with Gasteiger partial charge in [-0.05, 0) is 24.3 Å². The number of halogens is 2. The molecule has 36 heavy (non-hydrogen) atoms. The van der Waals surface area contributed by atoms with E-state index in [2.05, 4.69) is 25.2 Å². The van der Waals surface area contributed by atoms with E-state index in [0.717, 1.165) is 31.3 Å². The number of pyridine rings is 1. The quantitative estimate of drug-likeness (QED) is 0.395. The molecule has 0 aliphatic carbocycles. The summed E-state index contributed by atoms with van der Waals surface area (Å²) in [5, 5.41) is 15.1. The summed E-state index contributed by atoms with van der Waals surface area (Å²) in [6, 6.07) is 11.7. The van der Waals surface area contributed by atoms with Gasteiger partial charge in [-0.1, -0.05) is 41.9 Å². The molecular weight excluding hydrogens is 485 g/mol. The van der Waals surface area contributed by atoms with Crippen LogP contribution in [0.5, 0.6) is 6.01 Å². The Balaban J connectivity index is 1.51. The number of piperazine rings is 1. The molecule has 0 amide bonds. The molecule has 2 aliphatic heterocycles. The third kappa shape index (κ3) is 4.08. The van der Waals surface area contributed by atoms with E-state index in [4.69, 9.17) is 21.4 Å². The van der Waals surface area contributed by atoms with Gasteiger partial charge >= 0.3 is 12.0 Å². The van der Waals surface area contributed by atoms with Crippen LogP contribution < -0.4 is 15.0 Å². The van der Waals surface area contributed by atoms with Gasteiger partial charge in [-0.25, -0.2) is 4.39 Å². The fraction of sp³-hybridized carbons (Fsp3) is 0.308. The number of nitrogens with one attached hydrogen (secondary N) is 1. The van der Waals surface area contributed by atoms with Gasteiger partial charge in [0, 0.05) is 47.3 Å². The molecule has 4 aromatic rings. The molecule has 2 aromatic heterocycles. The molecule has 2 aromatic carbocycles. The number of hydrogen-bond donors (Lipinski definition) is 2. The molecule has 0 radical (unpaired) electrons. The zero-order valence-electron chi connectivity index (χ0n) is 19.2. The number of anilines is 1. The number of carboxylic acid groups (broad SMARTS) is 1. The minimum absolute atomic E-state index is 0.0587. The van der Waals surface area contributed by atoms with Crippen molar-refractivity contribution in [2.24, 2.45) is 0 Å². The van der Waals surface area contributed by atoms with Crippen molar-refractivity contribution in [1.82, 2.24) is 20.3 Å². The van der Waals surface area contributed by atoms with Gasteiger partial charge in [-0.3, -0.25) is 9.78 Å². The summed E-state index contributed by atoms with van der Waals surface area (Å²) < 4.78 is 21.7. The Labute approximate surface area is 211 Å². The van der Waals surface area contributed by atoms with E-state index in [1.54, 1.807) is 18.3 Å². The van der Waals surface area contributed by atoms with Crippen LogP contribution in [0.1, 0.15) is 19.3 Å². The smallest absolute Gasteiger partial charge is 0.319 e. The first-order chi connectivity index (χ1) is 17.5. The third-order valence-corrected chi connectivity index (χ3v) is 7.13. The highest BCUT2D eigenvalue weighted by molar-refractivity contribution is 6.36. The lowest BCUT2D eigenvalue weighted by Crippen LogP contribution is -2.51. The Hall–Kier alpha value is -3.56. The average Bonchev–Trinajstić information content (AvgIpc) is 3.21. The van der Waals surface area contributed by atoms with Gasteiger partial charge in [0.05, 0.1) is 11.8 Å². The number of carbonyl (C=O) groups is 1. The van der Waals surface area contributed by atoms with E-state index < -0.39 is 11.8 Å². The molecule has 0 spiro atoms. The fourth-order valence-corrected chi connectivity index (χ4v) is 5.49. The zero-order chi connectivity index (χ0) is 24.8. The highest BCUT2D eigenvalue weighted by Gasteiger charge is 2.34. The summed E-state index contributed by atoms with van der Waals surface area (Å²) >= 11 is 6.49. The molecule has 184 valence electrons. The highest BCUT2D eigenvalue weighted by atomic mass is 35.5. The molecular formula is C26H23ClFN5O3. The number of fused-ring (bicyclic) bond motifs is 4. The van der Waals surface area contributed by atoms with Gasteiger partial charge in [0.25, 0.3) is 0 Å². The van der Waals surface area contributed by atoms with Crippen molar-refractivity contribution in [3.8, 4) is 17.3 Å². The molecule has 8 nitrogen and oxygen atoms in total. The summed E-state index contributed by atoms with van der Waals surface area (Å²) in [7, 11) is 0. The van der Waals surface area contributed by atoms with Crippen molar-refractivity contribution >= 4 is 45.1 Å². The van der Waals surface area contributed by atoms with Crippen molar-refractivity contribution in [2.45, 2.75) is 31.3 Å². The molecule has 2 aliphatic rings. The van der Waals surface area contributed by atoms with Crippen molar-refractivity contribution in [1.29, 1.82) is 0 Å². The Bertz CT molecular complexity index is 1480. The van der Waals surface area contributed by atoms with Gasteiger partial charge in [0.1, 0.15) is 23.6 Å². The van der Waals surface area contributed by atoms with Crippen LogP contribution in [0.4, 0.5) is 10.2 Å². The van der Waals surface area contributed by atoms with E-state index in [0.29, 0.717) is 39.3 Å². The molecule has 10 heteroatoms. The molecule has 6 rings (SSSR count). The molecule has 2 N–H and O–H groups in total. The van der Waals surface area contributed by atoms with Crippen molar-refractivity contribution in [2.75, 3.05) is 24.6 Å². The number of aliphatic carboxylic acids is 1. The van der Waals surface area contributed by atoms with Crippen LogP contribution in [0, 0.1) is 5.82 Å². The Kier molecular flexibility index (Phi) is 5.81. The standard InChI is InChI=1S/C26H23ClFN5O3/c27-19-6-2-4-14-3-1-5-17(21(14)19)23-22(28)24-18(11-29-23)25(32-26(31-24)36-10-9-20(34)35)33-12-15-7-8-16(13-33)30-15/h1-6,11,15-16,30H,7-10,12-13H2,(H,34,35). The lowest BCUT2D eigenvalue weighted by atomic mass is 10.0. The first-order valence-corrected chi connectivity index (χ1v) is 12.2. The molecule has 2 atom stereocenters. The summed E-state index contributed by atoms with van der Waals surface area (Å²) in [5.41, 5.74) is 0.763. The second kappa shape index (κ2) is 9.15. The van der Waals surface area contributed by atoms with Crippen LogP contribution in [0.15, 0.2) is 42.6 Å². The van der Waals surface area contributed by atoms with E-state index >= 15 is 4.39 Å². The maximum atomic E-state index is 16.2. The second-order valence-electron chi connectivity index (χ2n) is 9.19. The monoisotopic (exact) mass is 507 g/mol. The number of aromatic nitrogens is 3. The van der Waals surface area contributed by atoms with Crippen LogP contribution in [-0.4, -0.2) is 57.8 Å². The van der Waals surface area contributed by atoms with Crippen LogP contribution in [0.2, 0.25) is 5.02 Å². The van der Waals surface area contributed by atoms with Crippen LogP contribution in [0.3, 0.4) is 0 Å². The van der Waals surface area contributed by atoms with Gasteiger partial charge in [-0.2, -0.15) is 9.97 Å². The number of rotatable bonds is 6. The summed E-state index contributed by atoms with van der Waals surface area (Å²) in [6.45, 7) is 1.32. The van der Waals surface area contributed by atoms with Crippen molar-refractivity contribution in [3.05, 3.63) is 53.4 Å². The van der Waals surface area contributed by atoms with Crippen LogP contribution >= 0.6 is 11.6 Å². The molecule has 0 saturated carbocycles. The molecule has 2 fully saturated rings. The lowest BCUT2D eigenvalue weighted by Gasteiger charge is -2.34. The van der Waals surface area contributed by atoms with Crippen LogP contribution in [-0.2, 0) is 4.79 Å². The number of benzene rings is 2. The largest absolute Gasteiger partial charge is 0.481 e. The minimum atomic E-state index is -1.000. The highest BCUT2D eigenvalue weighted by Crippen LogP contribution is 2.38. The Morgan fingerprint density at radius 2 is 1.92 bits per heavy atom. The Morgan fingerprint density at radius 1 is 1.17 bits per heavy atom. The van der Waals surface area contributed by atoms with Gasteiger partial charge in [0.15, 0.2) is 5.82 Å². The molecule has 2 unspecified atom stereocenters. The zero-order valence-corrected chi connectivity index (χ0v) is 20.0. The SMILES string of the molecule is O=C(O)CCOc1nc(N2CC3CCC(C2)N3)c2cnc(-c3cccc4cccc(Cl)c34)c(F)c2n1. The van der Waals surface area contributed by atoms with E-state index in [-0.39, 0.29) is 30.2 Å². The predicted octanol–water partition coefficient (Wildman–Crippen LogP) is 4.43. The molecule has 2 bridgehead atoms. The topological polar surface area (TPSA) is 100 Å². The van der Waals surface area contributed by atoms with Gasteiger partial charge in [0.2, 0.25) is 0 Å². The first kappa shape index (κ1) is 22.9. The first-order valence-electron chi connectivity index (χ1n) is 11.9. The summed E-state index contributed by atoms with van der Waals surface area (Å²) in [5.74, 6) is -1.07. The number of hydrogen-bond acceptors (Lipinski definition) is 7. The van der Waals surface area contributed by atoms with E-state index in [1.807, 2.05) is 24.3 Å². The van der Waals surface area contributed by atoms with Crippen molar-refractivity contribution < 1.29 is 19.0 Å². The van der Waals surface area contributed by atoms with Gasteiger partial charge in [-0.15, -0.1) is 0 Å². The van der Waals surface area contributed by atoms with E-state index in [1.165, 1.54) is 0 Å². The molecule has 4 heterocycles. The van der Waals surface area contributed by atoms with Crippen molar-refractivity contribution in [3.63, 3.8) is 0 Å². The minimum Gasteiger partial charge on any atom is -0.481 e. The molecule has 2 saturated heterocycles. The average molecular weight is 508 g/mol. The predicted molar refractivity (Wildman–Crippen MR) is 135 cm³/mol. The maximum Gasteiger partial charge on any atom is 0.319 e. The van der Waals surface area contributed by atoms with Crippen LogP contribution in [0.25, 0.3) is 32.9 Å².